The van der Waals surface area contributed by atoms with Gasteiger partial charge in [0.05, 0.1) is 6.04 Å². The second-order valence-corrected chi connectivity index (χ2v) is 8.78. The second-order valence-electron chi connectivity index (χ2n) is 8.00. The van der Waals surface area contributed by atoms with Crippen molar-refractivity contribution in [2.75, 3.05) is 0 Å². The Bertz CT molecular complexity index is 651. The summed E-state index contributed by atoms with van der Waals surface area (Å²) in [6, 6.07) is 5.91. The highest BCUT2D eigenvalue weighted by molar-refractivity contribution is 7.08. The van der Waals surface area contributed by atoms with E-state index in [-0.39, 0.29) is 29.3 Å². The van der Waals surface area contributed by atoms with Gasteiger partial charge in [0.15, 0.2) is 0 Å². The SMILES string of the molecule is CC(C)(C)c1cc([C@@H](N)c2ccsc2)c(O)c(C(C)(C)C)c1.Cl. The Morgan fingerprint density at radius 3 is 2.09 bits per heavy atom. The maximum absolute atomic E-state index is 10.8. The van der Waals surface area contributed by atoms with Crippen molar-refractivity contribution >= 4 is 23.7 Å². The number of thiophene rings is 1. The molecule has 3 N–H and O–H groups in total. The number of nitrogens with two attached hydrogens (primary N) is 1. The van der Waals surface area contributed by atoms with E-state index in [2.05, 4.69) is 53.7 Å². The number of rotatable bonds is 2. The molecule has 0 radical (unpaired) electrons. The minimum atomic E-state index is -0.297. The van der Waals surface area contributed by atoms with Gasteiger partial charge in [-0.25, -0.2) is 0 Å². The molecule has 0 aliphatic rings. The van der Waals surface area contributed by atoms with Gasteiger partial charge in [-0.15, -0.1) is 12.4 Å². The lowest BCUT2D eigenvalue weighted by molar-refractivity contribution is 0.435. The molecular weight excluding hydrogens is 326 g/mol. The smallest absolute Gasteiger partial charge is 0.124 e. The molecule has 1 heterocycles. The highest BCUT2D eigenvalue weighted by Crippen LogP contribution is 2.40. The van der Waals surface area contributed by atoms with Crippen molar-refractivity contribution in [2.45, 2.75) is 58.4 Å². The molecule has 0 fully saturated rings. The van der Waals surface area contributed by atoms with Crippen molar-refractivity contribution in [1.82, 2.24) is 0 Å². The van der Waals surface area contributed by atoms with Crippen LogP contribution >= 0.6 is 23.7 Å². The normalized spacial score (nSPS) is 13.5. The van der Waals surface area contributed by atoms with Crippen LogP contribution in [0.5, 0.6) is 5.75 Å². The van der Waals surface area contributed by atoms with Crippen molar-refractivity contribution in [2.24, 2.45) is 5.73 Å². The number of halogens is 1. The van der Waals surface area contributed by atoms with Gasteiger partial charge in [0.25, 0.3) is 0 Å². The maximum atomic E-state index is 10.8. The Morgan fingerprint density at radius 1 is 1.04 bits per heavy atom. The predicted molar refractivity (Wildman–Crippen MR) is 103 cm³/mol. The summed E-state index contributed by atoms with van der Waals surface area (Å²) < 4.78 is 0. The Balaban J connectivity index is 0.00000264. The fourth-order valence-corrected chi connectivity index (χ4v) is 3.23. The average Bonchev–Trinajstić information content (AvgIpc) is 2.89. The fourth-order valence-electron chi connectivity index (χ4n) is 2.53. The molecule has 0 aliphatic heterocycles. The van der Waals surface area contributed by atoms with Gasteiger partial charge in [-0.05, 0) is 50.4 Å². The van der Waals surface area contributed by atoms with E-state index < -0.39 is 0 Å². The number of phenols is 1. The molecule has 1 aromatic heterocycles. The first-order chi connectivity index (χ1) is 10.0. The maximum Gasteiger partial charge on any atom is 0.124 e. The second kappa shape index (κ2) is 6.84. The van der Waals surface area contributed by atoms with Gasteiger partial charge in [0.1, 0.15) is 5.75 Å². The van der Waals surface area contributed by atoms with Crippen LogP contribution in [0.25, 0.3) is 0 Å². The molecule has 0 bridgehead atoms. The average molecular weight is 354 g/mol. The van der Waals surface area contributed by atoms with Crippen LogP contribution < -0.4 is 5.73 Å². The van der Waals surface area contributed by atoms with E-state index in [1.807, 2.05) is 16.8 Å². The van der Waals surface area contributed by atoms with E-state index in [0.29, 0.717) is 5.75 Å². The fraction of sp³-hybridized carbons (Fsp3) is 0.474. The van der Waals surface area contributed by atoms with E-state index in [4.69, 9.17) is 5.73 Å². The molecule has 0 saturated heterocycles. The van der Waals surface area contributed by atoms with Crippen LogP contribution in [0.15, 0.2) is 29.0 Å². The van der Waals surface area contributed by atoms with E-state index in [9.17, 15) is 5.11 Å². The van der Waals surface area contributed by atoms with Crippen LogP contribution in [0.4, 0.5) is 0 Å². The third-order valence-electron chi connectivity index (χ3n) is 4.05. The van der Waals surface area contributed by atoms with E-state index in [1.54, 1.807) is 11.3 Å². The zero-order valence-electron chi connectivity index (χ0n) is 14.8. The molecule has 0 unspecified atom stereocenters. The van der Waals surface area contributed by atoms with Crippen LogP contribution in [0, 0.1) is 0 Å². The summed E-state index contributed by atoms with van der Waals surface area (Å²) in [4.78, 5) is 0. The summed E-state index contributed by atoms with van der Waals surface area (Å²) in [5, 5.41) is 14.9. The minimum absolute atomic E-state index is 0. The lowest BCUT2D eigenvalue weighted by atomic mass is 9.78. The summed E-state index contributed by atoms with van der Waals surface area (Å²) in [6.45, 7) is 12.9. The standard InChI is InChI=1S/C19H27NOS.ClH/c1-18(2,3)13-9-14(16(20)12-7-8-22-11-12)17(21)15(10-13)19(4,5)6;/h7-11,16,21H,20H2,1-6H3;1H/t16-;/m0./s1. The topological polar surface area (TPSA) is 46.2 Å². The largest absolute Gasteiger partial charge is 0.507 e. The van der Waals surface area contributed by atoms with Gasteiger partial charge < -0.3 is 10.8 Å². The first-order valence-corrected chi connectivity index (χ1v) is 8.61. The van der Waals surface area contributed by atoms with E-state index in [0.717, 1.165) is 16.7 Å². The van der Waals surface area contributed by atoms with E-state index >= 15 is 0 Å². The zero-order chi connectivity index (χ0) is 16.7. The molecule has 23 heavy (non-hydrogen) atoms. The van der Waals surface area contributed by atoms with Crippen LogP contribution in [0.1, 0.15) is 69.8 Å². The summed E-state index contributed by atoms with van der Waals surface area (Å²) in [5.74, 6) is 0.333. The zero-order valence-corrected chi connectivity index (χ0v) is 16.4. The summed E-state index contributed by atoms with van der Waals surface area (Å²) in [6.07, 6.45) is 0. The predicted octanol–water partition coefficient (Wildman–Crippen LogP) is 5.52. The Labute approximate surface area is 150 Å². The van der Waals surface area contributed by atoms with Crippen LogP contribution in [0.3, 0.4) is 0 Å². The van der Waals surface area contributed by atoms with Crippen LogP contribution in [-0.4, -0.2) is 5.11 Å². The van der Waals surface area contributed by atoms with Gasteiger partial charge in [0.2, 0.25) is 0 Å². The van der Waals surface area contributed by atoms with Crippen molar-refractivity contribution in [3.8, 4) is 5.75 Å². The lowest BCUT2D eigenvalue weighted by Crippen LogP contribution is -2.20. The molecule has 0 amide bonds. The number of benzene rings is 1. The molecule has 2 rings (SSSR count). The number of hydrogen-bond donors (Lipinski definition) is 2. The van der Waals surface area contributed by atoms with Crippen molar-refractivity contribution in [3.05, 3.63) is 51.2 Å². The number of aromatic hydroxyl groups is 1. The first-order valence-electron chi connectivity index (χ1n) is 7.67. The highest BCUT2D eigenvalue weighted by Gasteiger charge is 2.27. The Hall–Kier alpha value is -1.03. The first kappa shape index (κ1) is 20.0. The van der Waals surface area contributed by atoms with Crippen molar-refractivity contribution in [3.63, 3.8) is 0 Å². The van der Waals surface area contributed by atoms with Crippen LogP contribution in [-0.2, 0) is 10.8 Å². The summed E-state index contributed by atoms with van der Waals surface area (Å²) in [7, 11) is 0. The number of hydrogen-bond acceptors (Lipinski definition) is 3. The number of phenolic OH excluding ortho intramolecular Hbond substituents is 1. The van der Waals surface area contributed by atoms with E-state index in [1.165, 1.54) is 5.56 Å². The molecule has 0 aliphatic carbocycles. The molecule has 1 aromatic carbocycles. The summed E-state index contributed by atoms with van der Waals surface area (Å²) in [5.41, 5.74) is 10.3. The van der Waals surface area contributed by atoms with Gasteiger partial charge >= 0.3 is 0 Å². The Kier molecular flexibility index (Phi) is 5.95. The molecular formula is C19H28ClNOS. The molecule has 1 atom stereocenters. The van der Waals surface area contributed by atoms with Crippen molar-refractivity contribution < 1.29 is 5.11 Å². The molecule has 128 valence electrons. The minimum Gasteiger partial charge on any atom is -0.507 e. The summed E-state index contributed by atoms with van der Waals surface area (Å²) >= 11 is 1.63. The monoisotopic (exact) mass is 353 g/mol. The third kappa shape index (κ3) is 4.28. The molecule has 4 heteroatoms. The quantitative estimate of drug-likeness (QED) is 0.746. The lowest BCUT2D eigenvalue weighted by Gasteiger charge is -2.28. The van der Waals surface area contributed by atoms with Crippen LogP contribution in [0.2, 0.25) is 0 Å². The molecule has 2 nitrogen and oxygen atoms in total. The molecule has 0 spiro atoms. The molecule has 2 aromatic rings. The highest BCUT2D eigenvalue weighted by atomic mass is 35.5. The van der Waals surface area contributed by atoms with Gasteiger partial charge in [-0.3, -0.25) is 0 Å². The third-order valence-corrected chi connectivity index (χ3v) is 4.75. The van der Waals surface area contributed by atoms with Gasteiger partial charge in [0, 0.05) is 5.56 Å². The van der Waals surface area contributed by atoms with Gasteiger partial charge in [-0.2, -0.15) is 11.3 Å². The van der Waals surface area contributed by atoms with Crippen molar-refractivity contribution in [1.29, 1.82) is 0 Å². The molecule has 0 saturated carbocycles. The Morgan fingerprint density at radius 2 is 1.65 bits per heavy atom. The van der Waals surface area contributed by atoms with Gasteiger partial charge in [-0.1, -0.05) is 47.6 Å².